The summed E-state index contributed by atoms with van der Waals surface area (Å²) in [5.74, 6) is 2.32. The summed E-state index contributed by atoms with van der Waals surface area (Å²) in [5.41, 5.74) is 2.66. The maximum Gasteiger partial charge on any atom is 0.238 e. The molecule has 8 heteroatoms. The van der Waals surface area contributed by atoms with Crippen molar-refractivity contribution in [3.8, 4) is 22.9 Å². The summed E-state index contributed by atoms with van der Waals surface area (Å²) in [4.78, 5) is 15.4. The van der Waals surface area contributed by atoms with E-state index in [1.165, 1.54) is 11.8 Å². The molecule has 0 N–H and O–H groups in total. The Morgan fingerprint density at radius 3 is 2.59 bits per heavy atom. The molecule has 0 saturated heterocycles. The topological polar surface area (TPSA) is 69.5 Å². The second-order valence-electron chi connectivity index (χ2n) is 7.82. The number of anilines is 1. The monoisotopic (exact) mass is 472 g/mol. The summed E-state index contributed by atoms with van der Waals surface area (Å²) in [6, 6.07) is 25.1. The van der Waals surface area contributed by atoms with Crippen LogP contribution in [0.2, 0.25) is 0 Å². The number of carbonyl (C=O) groups is 1. The molecule has 172 valence electrons. The van der Waals surface area contributed by atoms with E-state index in [1.807, 2.05) is 95.4 Å². The highest BCUT2D eigenvalue weighted by molar-refractivity contribution is 7.99. The average Bonchev–Trinajstić information content (AvgIpc) is 3.26. The number of rotatable bonds is 6. The molecule has 1 aromatic heterocycles. The highest BCUT2D eigenvalue weighted by atomic mass is 32.2. The Bertz CT molecular complexity index is 1310. The van der Waals surface area contributed by atoms with E-state index in [0.29, 0.717) is 23.3 Å². The molecule has 1 atom stereocenters. The molecule has 0 spiro atoms. The zero-order valence-corrected chi connectivity index (χ0v) is 19.7. The third kappa shape index (κ3) is 4.12. The van der Waals surface area contributed by atoms with Crippen molar-refractivity contribution in [2.75, 3.05) is 24.4 Å². The largest absolute Gasteiger partial charge is 0.496 e. The Morgan fingerprint density at radius 1 is 1.03 bits per heavy atom. The molecule has 34 heavy (non-hydrogen) atoms. The second kappa shape index (κ2) is 9.61. The molecule has 2 heterocycles. The fraction of sp³-hybridized carbons (Fsp3) is 0.192. The van der Waals surface area contributed by atoms with E-state index in [0.717, 1.165) is 22.6 Å². The highest BCUT2D eigenvalue weighted by Crippen LogP contribution is 2.40. The van der Waals surface area contributed by atoms with Crippen LogP contribution in [0.5, 0.6) is 11.5 Å². The molecule has 1 amide bonds. The van der Waals surface area contributed by atoms with E-state index in [-0.39, 0.29) is 17.7 Å². The fourth-order valence-corrected chi connectivity index (χ4v) is 4.89. The van der Waals surface area contributed by atoms with Crippen LogP contribution in [0, 0.1) is 0 Å². The van der Waals surface area contributed by atoms with Crippen LogP contribution in [-0.2, 0) is 11.8 Å². The Kier molecular flexibility index (Phi) is 6.22. The number of methoxy groups -OCH3 is 1. The number of thioether (sulfide) groups is 1. The number of aromatic nitrogens is 3. The van der Waals surface area contributed by atoms with Gasteiger partial charge in [0.1, 0.15) is 18.1 Å². The zero-order valence-electron chi connectivity index (χ0n) is 18.9. The first-order valence-corrected chi connectivity index (χ1v) is 11.9. The van der Waals surface area contributed by atoms with Crippen molar-refractivity contribution in [1.29, 1.82) is 0 Å². The lowest BCUT2D eigenvalue weighted by atomic mass is 10.0. The highest BCUT2D eigenvalue weighted by Gasteiger charge is 2.33. The van der Waals surface area contributed by atoms with Gasteiger partial charge in [0.15, 0.2) is 11.0 Å². The van der Waals surface area contributed by atoms with Crippen molar-refractivity contribution in [3.05, 3.63) is 84.4 Å². The van der Waals surface area contributed by atoms with Gasteiger partial charge in [-0.15, -0.1) is 10.2 Å². The van der Waals surface area contributed by atoms with Gasteiger partial charge in [-0.1, -0.05) is 66.4 Å². The Hall–Kier alpha value is -3.78. The quantitative estimate of drug-likeness (QED) is 0.377. The molecule has 1 unspecified atom stereocenters. The van der Waals surface area contributed by atoms with Crippen molar-refractivity contribution in [2.24, 2.45) is 7.05 Å². The molecule has 0 aliphatic carbocycles. The summed E-state index contributed by atoms with van der Waals surface area (Å²) >= 11 is 1.37. The minimum Gasteiger partial charge on any atom is -0.496 e. The van der Waals surface area contributed by atoms with Crippen LogP contribution < -0.4 is 14.4 Å². The van der Waals surface area contributed by atoms with Gasteiger partial charge in [-0.05, 0) is 29.8 Å². The number of hydrogen-bond acceptors (Lipinski definition) is 6. The van der Waals surface area contributed by atoms with Crippen molar-refractivity contribution >= 4 is 23.4 Å². The van der Waals surface area contributed by atoms with Crippen molar-refractivity contribution in [3.63, 3.8) is 0 Å². The molecular weight excluding hydrogens is 448 g/mol. The van der Waals surface area contributed by atoms with E-state index < -0.39 is 0 Å². The van der Waals surface area contributed by atoms with Gasteiger partial charge in [0.25, 0.3) is 0 Å². The molecule has 1 aliphatic rings. The molecule has 0 fully saturated rings. The number of carbonyl (C=O) groups excluding carboxylic acids is 1. The number of benzene rings is 3. The summed E-state index contributed by atoms with van der Waals surface area (Å²) in [6.45, 7) is 0.402. The van der Waals surface area contributed by atoms with Gasteiger partial charge in [0.2, 0.25) is 5.91 Å². The fourth-order valence-electron chi connectivity index (χ4n) is 4.12. The molecule has 5 rings (SSSR count). The summed E-state index contributed by atoms with van der Waals surface area (Å²) in [5, 5.41) is 9.34. The molecule has 1 aliphatic heterocycles. The van der Waals surface area contributed by atoms with Gasteiger partial charge in [-0.3, -0.25) is 9.69 Å². The SMILES string of the molecule is COc1ccccc1-c1nnc(SCC(=O)N2c3ccccc3OCC2c2ccccc2)n1C. The molecular formula is C26H24N4O3S. The van der Waals surface area contributed by atoms with Gasteiger partial charge in [-0.2, -0.15) is 0 Å². The Labute approximate surface area is 202 Å². The normalized spacial score (nSPS) is 14.9. The summed E-state index contributed by atoms with van der Waals surface area (Å²) in [6.07, 6.45) is 0. The number of fused-ring (bicyclic) bond motifs is 1. The third-order valence-corrected chi connectivity index (χ3v) is 6.80. The first-order chi connectivity index (χ1) is 16.7. The number of para-hydroxylation sites is 3. The lowest BCUT2D eigenvalue weighted by Crippen LogP contribution is -2.42. The second-order valence-corrected chi connectivity index (χ2v) is 8.77. The van der Waals surface area contributed by atoms with Crippen LogP contribution in [0.3, 0.4) is 0 Å². The molecule has 7 nitrogen and oxygen atoms in total. The standard InChI is InChI=1S/C26H24N4O3S/c1-29-25(19-12-6-8-14-22(19)32-2)27-28-26(29)34-17-24(31)30-20-13-7-9-15-23(20)33-16-21(30)18-10-4-3-5-11-18/h3-15,21H,16-17H2,1-2H3. The van der Waals surface area contributed by atoms with E-state index >= 15 is 0 Å². The maximum atomic E-state index is 13.6. The first-order valence-electron chi connectivity index (χ1n) is 10.9. The predicted molar refractivity (Wildman–Crippen MR) is 132 cm³/mol. The van der Waals surface area contributed by atoms with Crippen LogP contribution in [0.4, 0.5) is 5.69 Å². The smallest absolute Gasteiger partial charge is 0.238 e. The Morgan fingerprint density at radius 2 is 1.76 bits per heavy atom. The van der Waals surface area contributed by atoms with E-state index in [1.54, 1.807) is 7.11 Å². The molecule has 0 radical (unpaired) electrons. The lowest BCUT2D eigenvalue weighted by molar-refractivity contribution is -0.117. The number of amides is 1. The molecule has 0 saturated carbocycles. The van der Waals surface area contributed by atoms with Gasteiger partial charge >= 0.3 is 0 Å². The van der Waals surface area contributed by atoms with Crippen molar-refractivity contribution < 1.29 is 14.3 Å². The third-order valence-electron chi connectivity index (χ3n) is 5.79. The molecule has 4 aromatic rings. The predicted octanol–water partition coefficient (Wildman–Crippen LogP) is 4.75. The minimum absolute atomic E-state index is 0.0172. The lowest BCUT2D eigenvalue weighted by Gasteiger charge is -2.37. The van der Waals surface area contributed by atoms with E-state index in [4.69, 9.17) is 9.47 Å². The average molecular weight is 473 g/mol. The number of nitrogens with zero attached hydrogens (tertiary/aromatic N) is 4. The molecule has 3 aromatic carbocycles. The number of hydrogen-bond donors (Lipinski definition) is 0. The minimum atomic E-state index is -0.201. The van der Waals surface area contributed by atoms with Crippen molar-refractivity contribution in [2.45, 2.75) is 11.2 Å². The van der Waals surface area contributed by atoms with Crippen LogP contribution in [0.15, 0.2) is 84.0 Å². The van der Waals surface area contributed by atoms with Crippen LogP contribution in [0.25, 0.3) is 11.4 Å². The van der Waals surface area contributed by atoms with Gasteiger partial charge < -0.3 is 14.0 Å². The summed E-state index contributed by atoms with van der Waals surface area (Å²) < 4.78 is 13.3. The number of ether oxygens (including phenoxy) is 2. The van der Waals surface area contributed by atoms with Crippen molar-refractivity contribution in [1.82, 2.24) is 14.8 Å². The van der Waals surface area contributed by atoms with Gasteiger partial charge in [0.05, 0.1) is 30.2 Å². The van der Waals surface area contributed by atoms with Crippen LogP contribution >= 0.6 is 11.8 Å². The van der Waals surface area contributed by atoms with E-state index in [2.05, 4.69) is 10.2 Å². The maximum absolute atomic E-state index is 13.6. The zero-order chi connectivity index (χ0) is 23.5. The first kappa shape index (κ1) is 22.0. The van der Waals surface area contributed by atoms with E-state index in [9.17, 15) is 4.79 Å². The molecule has 0 bridgehead atoms. The van der Waals surface area contributed by atoms with Crippen LogP contribution in [0.1, 0.15) is 11.6 Å². The Balaban J connectivity index is 1.40. The van der Waals surface area contributed by atoms with Gasteiger partial charge in [0, 0.05) is 7.05 Å². The van der Waals surface area contributed by atoms with Crippen LogP contribution in [-0.4, -0.2) is 40.1 Å². The summed E-state index contributed by atoms with van der Waals surface area (Å²) in [7, 11) is 3.53. The van der Waals surface area contributed by atoms with Gasteiger partial charge in [-0.25, -0.2) is 0 Å².